The molecule has 21 heavy (non-hydrogen) atoms. The molecule has 0 aliphatic rings. The van der Waals surface area contributed by atoms with Crippen molar-refractivity contribution in [2.75, 3.05) is 5.32 Å². The third-order valence-electron chi connectivity index (χ3n) is 2.78. The minimum atomic E-state index is -3.56. The van der Waals surface area contributed by atoms with Crippen LogP contribution in [0.4, 0.5) is 5.69 Å². The summed E-state index contributed by atoms with van der Waals surface area (Å²) >= 11 is 5.83. The fourth-order valence-corrected chi connectivity index (χ4v) is 2.77. The van der Waals surface area contributed by atoms with Crippen LogP contribution in [0.15, 0.2) is 36.5 Å². The lowest BCUT2D eigenvalue weighted by atomic mass is 10.2. The van der Waals surface area contributed by atoms with Gasteiger partial charge in [-0.1, -0.05) is 23.7 Å². The number of anilines is 1. The van der Waals surface area contributed by atoms with Gasteiger partial charge in [0, 0.05) is 18.9 Å². The van der Waals surface area contributed by atoms with Gasteiger partial charge in [-0.3, -0.25) is 4.79 Å². The largest absolute Gasteiger partial charge is 0.345 e. The Balaban J connectivity index is 2.10. The molecule has 0 atom stereocenters. The Bertz CT molecular complexity index is 766. The molecule has 0 bridgehead atoms. The highest BCUT2D eigenvalue weighted by Crippen LogP contribution is 2.16. The fraction of sp³-hybridized carbons (Fsp3) is 0.154. The molecule has 0 saturated carbocycles. The van der Waals surface area contributed by atoms with Crippen LogP contribution in [0, 0.1) is 0 Å². The first-order chi connectivity index (χ1) is 9.74. The van der Waals surface area contributed by atoms with Crippen LogP contribution in [0.2, 0.25) is 5.02 Å². The molecule has 0 radical (unpaired) electrons. The summed E-state index contributed by atoms with van der Waals surface area (Å²) in [6.07, 6.45) is 1.63. The summed E-state index contributed by atoms with van der Waals surface area (Å²) in [7, 11) is -1.85. The lowest BCUT2D eigenvalue weighted by molar-refractivity contribution is 0.101. The molecule has 0 fully saturated rings. The molecular formula is C13H14ClN3O3S. The summed E-state index contributed by atoms with van der Waals surface area (Å²) < 4.78 is 23.6. The van der Waals surface area contributed by atoms with Crippen molar-refractivity contribution in [1.82, 2.24) is 4.57 Å². The predicted octanol–water partition coefficient (Wildman–Crippen LogP) is 1.72. The zero-order chi connectivity index (χ0) is 15.6. The number of benzene rings is 1. The minimum absolute atomic E-state index is 0.241. The van der Waals surface area contributed by atoms with Gasteiger partial charge < -0.3 is 9.88 Å². The van der Waals surface area contributed by atoms with Crippen molar-refractivity contribution in [3.05, 3.63) is 52.8 Å². The second-order valence-corrected chi connectivity index (χ2v) is 6.66. The van der Waals surface area contributed by atoms with Gasteiger partial charge in [0.25, 0.3) is 5.91 Å². The van der Waals surface area contributed by atoms with E-state index in [0.29, 0.717) is 22.0 Å². The second-order valence-electron chi connectivity index (χ2n) is 4.61. The molecule has 1 aromatic heterocycles. The van der Waals surface area contributed by atoms with Gasteiger partial charge >= 0.3 is 0 Å². The summed E-state index contributed by atoms with van der Waals surface area (Å²) in [4.78, 5) is 12.1. The molecule has 112 valence electrons. The number of aryl methyl sites for hydroxylation is 1. The number of rotatable bonds is 4. The molecule has 8 heteroatoms. The van der Waals surface area contributed by atoms with E-state index in [1.807, 2.05) is 0 Å². The lowest BCUT2D eigenvalue weighted by Gasteiger charge is -2.07. The van der Waals surface area contributed by atoms with Gasteiger partial charge in [-0.25, -0.2) is 13.6 Å². The summed E-state index contributed by atoms with van der Waals surface area (Å²) in [6.45, 7) is 0. The van der Waals surface area contributed by atoms with Gasteiger partial charge in [0.2, 0.25) is 10.0 Å². The van der Waals surface area contributed by atoms with Crippen molar-refractivity contribution in [3.63, 3.8) is 0 Å². The SMILES string of the molecule is Cn1cc(Cl)cc1C(=O)Nc1ccc(CS(N)(=O)=O)cc1. The van der Waals surface area contributed by atoms with Gasteiger partial charge in [0.05, 0.1) is 10.8 Å². The van der Waals surface area contributed by atoms with E-state index in [1.54, 1.807) is 48.1 Å². The Morgan fingerprint density at radius 1 is 1.33 bits per heavy atom. The number of nitrogens with two attached hydrogens (primary N) is 1. The predicted molar refractivity (Wildman–Crippen MR) is 81.6 cm³/mol. The van der Waals surface area contributed by atoms with Gasteiger partial charge in [0.1, 0.15) is 5.69 Å². The van der Waals surface area contributed by atoms with Crippen molar-refractivity contribution in [2.24, 2.45) is 12.2 Å². The van der Waals surface area contributed by atoms with E-state index in [1.165, 1.54) is 0 Å². The first kappa shape index (κ1) is 15.6. The number of aromatic nitrogens is 1. The molecule has 6 nitrogen and oxygen atoms in total. The zero-order valence-electron chi connectivity index (χ0n) is 11.2. The molecule has 1 aromatic carbocycles. The van der Waals surface area contributed by atoms with Gasteiger partial charge in [-0.05, 0) is 23.8 Å². The topological polar surface area (TPSA) is 94.2 Å². The smallest absolute Gasteiger partial charge is 0.272 e. The van der Waals surface area contributed by atoms with Crippen LogP contribution < -0.4 is 10.5 Å². The van der Waals surface area contributed by atoms with E-state index in [-0.39, 0.29) is 11.7 Å². The van der Waals surface area contributed by atoms with Gasteiger partial charge in [-0.15, -0.1) is 0 Å². The van der Waals surface area contributed by atoms with Crippen LogP contribution in [0.5, 0.6) is 0 Å². The Labute approximate surface area is 127 Å². The maximum absolute atomic E-state index is 12.1. The van der Waals surface area contributed by atoms with Crippen LogP contribution in [-0.2, 0) is 22.8 Å². The van der Waals surface area contributed by atoms with Crippen LogP contribution in [0.3, 0.4) is 0 Å². The van der Waals surface area contributed by atoms with E-state index in [2.05, 4.69) is 5.32 Å². The minimum Gasteiger partial charge on any atom is -0.345 e. The Morgan fingerprint density at radius 2 is 1.95 bits per heavy atom. The van der Waals surface area contributed by atoms with Gasteiger partial charge in [0.15, 0.2) is 0 Å². The Morgan fingerprint density at radius 3 is 2.43 bits per heavy atom. The van der Waals surface area contributed by atoms with E-state index in [4.69, 9.17) is 16.7 Å². The summed E-state index contributed by atoms with van der Waals surface area (Å²) in [5.41, 5.74) is 1.53. The zero-order valence-corrected chi connectivity index (χ0v) is 12.8. The lowest BCUT2D eigenvalue weighted by Crippen LogP contribution is -2.16. The monoisotopic (exact) mass is 327 g/mol. The number of primary sulfonamides is 1. The van der Waals surface area contributed by atoms with Crippen molar-refractivity contribution in [1.29, 1.82) is 0 Å². The molecule has 0 spiro atoms. The van der Waals surface area contributed by atoms with Crippen LogP contribution in [0.25, 0.3) is 0 Å². The molecule has 0 aliphatic carbocycles. The highest BCUT2D eigenvalue weighted by atomic mass is 35.5. The number of hydrogen-bond acceptors (Lipinski definition) is 3. The first-order valence-corrected chi connectivity index (χ1v) is 8.06. The maximum atomic E-state index is 12.1. The van der Waals surface area contributed by atoms with Gasteiger partial charge in [-0.2, -0.15) is 0 Å². The Hall–Kier alpha value is -1.83. The van der Waals surface area contributed by atoms with Crippen molar-refractivity contribution < 1.29 is 13.2 Å². The van der Waals surface area contributed by atoms with E-state index in [0.717, 1.165) is 0 Å². The van der Waals surface area contributed by atoms with Crippen molar-refractivity contribution in [2.45, 2.75) is 5.75 Å². The quantitative estimate of drug-likeness (QED) is 0.895. The number of hydrogen-bond donors (Lipinski definition) is 2. The van der Waals surface area contributed by atoms with Crippen molar-refractivity contribution >= 4 is 33.2 Å². The number of carbonyl (C=O) groups is 1. The standard InChI is InChI=1S/C13H14ClN3O3S/c1-17-7-10(14)6-12(17)13(18)16-11-4-2-9(3-5-11)8-21(15,19)20/h2-7H,8H2,1H3,(H,16,18)(H2,15,19,20). The molecule has 3 N–H and O–H groups in total. The van der Waals surface area contributed by atoms with E-state index in [9.17, 15) is 13.2 Å². The number of amides is 1. The third kappa shape index (κ3) is 4.32. The molecule has 0 saturated heterocycles. The average molecular weight is 328 g/mol. The Kier molecular flexibility index (Phi) is 4.36. The normalized spacial score (nSPS) is 11.4. The molecule has 2 aromatic rings. The number of nitrogens with one attached hydrogen (secondary N) is 1. The van der Waals surface area contributed by atoms with Crippen LogP contribution in [-0.4, -0.2) is 18.9 Å². The number of sulfonamides is 1. The molecule has 1 amide bonds. The third-order valence-corrected chi connectivity index (χ3v) is 3.73. The highest BCUT2D eigenvalue weighted by Gasteiger charge is 2.11. The van der Waals surface area contributed by atoms with E-state index < -0.39 is 10.0 Å². The fourth-order valence-electron chi connectivity index (χ4n) is 1.86. The first-order valence-electron chi connectivity index (χ1n) is 5.97. The maximum Gasteiger partial charge on any atom is 0.272 e. The highest BCUT2D eigenvalue weighted by molar-refractivity contribution is 7.88. The summed E-state index contributed by atoms with van der Waals surface area (Å²) in [5, 5.41) is 8.15. The number of halogens is 1. The molecule has 0 aliphatic heterocycles. The van der Waals surface area contributed by atoms with Crippen LogP contribution in [0.1, 0.15) is 16.1 Å². The van der Waals surface area contributed by atoms with Crippen LogP contribution >= 0.6 is 11.6 Å². The molecule has 1 heterocycles. The summed E-state index contributed by atoms with van der Waals surface area (Å²) in [5.74, 6) is -0.544. The molecule has 0 unspecified atom stereocenters. The molecule has 2 rings (SSSR count). The summed E-state index contributed by atoms with van der Waals surface area (Å²) in [6, 6.07) is 7.98. The number of nitrogens with zero attached hydrogens (tertiary/aromatic N) is 1. The van der Waals surface area contributed by atoms with Crippen molar-refractivity contribution in [3.8, 4) is 0 Å². The second kappa shape index (κ2) is 5.88. The number of carbonyl (C=O) groups excluding carboxylic acids is 1. The average Bonchev–Trinajstić information content (AvgIpc) is 2.69. The van der Waals surface area contributed by atoms with E-state index >= 15 is 0 Å². The molecular weight excluding hydrogens is 314 g/mol.